The summed E-state index contributed by atoms with van der Waals surface area (Å²) in [5.74, 6) is 0.140. The van der Waals surface area contributed by atoms with Crippen LogP contribution in [0, 0.1) is 5.92 Å². The van der Waals surface area contributed by atoms with E-state index < -0.39 is 10.0 Å². The molecule has 0 spiro atoms. The van der Waals surface area contributed by atoms with Gasteiger partial charge in [-0.15, -0.1) is 0 Å². The van der Waals surface area contributed by atoms with Crippen molar-refractivity contribution in [2.45, 2.75) is 26.7 Å². The fraction of sp³-hybridized carbons (Fsp3) is 0.923. The Labute approximate surface area is 122 Å². The zero-order valence-corrected chi connectivity index (χ0v) is 13.6. The van der Waals surface area contributed by atoms with Crippen LogP contribution in [0.1, 0.15) is 26.7 Å². The number of carbonyl (C=O) groups is 1. The van der Waals surface area contributed by atoms with E-state index >= 15 is 0 Å². The zero-order chi connectivity index (χ0) is 15.2. The van der Waals surface area contributed by atoms with Crippen LogP contribution >= 0.6 is 0 Å². The molecule has 1 amide bonds. The Hall–Kier alpha value is -0.660. The monoisotopic (exact) mass is 305 g/mol. The van der Waals surface area contributed by atoms with Gasteiger partial charge < -0.3 is 10.2 Å². The number of piperidine rings is 1. The van der Waals surface area contributed by atoms with Gasteiger partial charge in [0.05, 0.1) is 5.75 Å². The molecule has 1 fully saturated rings. The van der Waals surface area contributed by atoms with E-state index in [-0.39, 0.29) is 17.6 Å². The molecule has 0 radical (unpaired) electrons. The summed E-state index contributed by atoms with van der Waals surface area (Å²) in [6.45, 7) is 7.10. The van der Waals surface area contributed by atoms with E-state index in [1.807, 2.05) is 7.05 Å². The fourth-order valence-electron chi connectivity index (χ4n) is 2.25. The molecule has 1 N–H and O–H groups in total. The molecule has 1 aliphatic rings. The van der Waals surface area contributed by atoms with E-state index in [0.717, 1.165) is 13.1 Å². The van der Waals surface area contributed by atoms with Gasteiger partial charge in [0.1, 0.15) is 0 Å². The molecule has 0 aliphatic carbocycles. The summed E-state index contributed by atoms with van der Waals surface area (Å²) in [7, 11) is -1.09. The minimum atomic E-state index is -3.11. The maximum atomic E-state index is 12.0. The summed E-state index contributed by atoms with van der Waals surface area (Å²) in [5.41, 5.74) is 0. The van der Waals surface area contributed by atoms with Crippen LogP contribution in [0.2, 0.25) is 0 Å². The number of nitrogens with one attached hydrogen (secondary N) is 1. The van der Waals surface area contributed by atoms with Crippen LogP contribution in [-0.2, 0) is 14.8 Å². The molecule has 1 aliphatic heterocycles. The predicted molar refractivity (Wildman–Crippen MR) is 79.9 cm³/mol. The second-order valence-corrected chi connectivity index (χ2v) is 7.52. The van der Waals surface area contributed by atoms with E-state index in [1.165, 1.54) is 4.31 Å². The first-order valence-corrected chi connectivity index (χ1v) is 8.95. The minimum absolute atomic E-state index is 0.0507. The number of hydrogen-bond acceptors (Lipinski definition) is 4. The summed E-state index contributed by atoms with van der Waals surface area (Å²) in [5, 5.41) is 2.94. The van der Waals surface area contributed by atoms with Crippen molar-refractivity contribution < 1.29 is 13.2 Å². The number of sulfonamides is 1. The minimum Gasteiger partial charge on any atom is -0.355 e. The molecular formula is C13H27N3O3S. The third kappa shape index (κ3) is 5.03. The summed E-state index contributed by atoms with van der Waals surface area (Å²) in [6.07, 6.45) is 1.24. The van der Waals surface area contributed by atoms with Gasteiger partial charge in [0, 0.05) is 32.1 Å². The molecule has 118 valence electrons. The van der Waals surface area contributed by atoms with Crippen molar-refractivity contribution in [2.75, 3.05) is 45.5 Å². The Bertz CT molecular complexity index is 403. The number of hydrogen-bond donors (Lipinski definition) is 1. The second-order valence-electron chi connectivity index (χ2n) is 5.26. The molecule has 1 heterocycles. The number of rotatable bonds is 7. The molecular weight excluding hydrogens is 278 g/mol. The van der Waals surface area contributed by atoms with Gasteiger partial charge in [-0.3, -0.25) is 4.79 Å². The van der Waals surface area contributed by atoms with Crippen molar-refractivity contribution in [1.29, 1.82) is 0 Å². The summed E-state index contributed by atoms with van der Waals surface area (Å²) in [6, 6.07) is 0. The number of likely N-dealkylation sites (N-methyl/N-ethyl adjacent to an activating group) is 1. The topological polar surface area (TPSA) is 69.7 Å². The Kier molecular flexibility index (Phi) is 6.91. The van der Waals surface area contributed by atoms with Gasteiger partial charge in [0.2, 0.25) is 15.9 Å². The zero-order valence-electron chi connectivity index (χ0n) is 12.8. The molecule has 0 aromatic carbocycles. The van der Waals surface area contributed by atoms with Crippen LogP contribution in [0.25, 0.3) is 0 Å². The Morgan fingerprint density at radius 3 is 2.40 bits per heavy atom. The van der Waals surface area contributed by atoms with Crippen molar-refractivity contribution in [2.24, 2.45) is 5.92 Å². The molecule has 0 bridgehead atoms. The Balaban J connectivity index is 2.32. The van der Waals surface area contributed by atoms with Crippen molar-refractivity contribution in [3.8, 4) is 0 Å². The SMILES string of the molecule is CCN(C)CCNC(=O)C1CCN(S(=O)(=O)CC)CC1. The molecule has 0 saturated carbocycles. The first-order valence-electron chi connectivity index (χ1n) is 7.34. The lowest BCUT2D eigenvalue weighted by molar-refractivity contribution is -0.126. The number of nitrogens with zero attached hydrogens (tertiary/aromatic N) is 2. The maximum Gasteiger partial charge on any atom is 0.223 e. The van der Waals surface area contributed by atoms with E-state index in [0.29, 0.717) is 32.5 Å². The normalized spacial score (nSPS) is 18.4. The van der Waals surface area contributed by atoms with Crippen molar-refractivity contribution in [1.82, 2.24) is 14.5 Å². The third-order valence-corrected chi connectivity index (χ3v) is 5.80. The molecule has 20 heavy (non-hydrogen) atoms. The van der Waals surface area contributed by atoms with Crippen LogP contribution in [0.4, 0.5) is 0 Å². The maximum absolute atomic E-state index is 12.0. The highest BCUT2D eigenvalue weighted by Gasteiger charge is 2.29. The summed E-state index contributed by atoms with van der Waals surface area (Å²) >= 11 is 0. The fourth-order valence-corrected chi connectivity index (χ4v) is 3.38. The molecule has 0 unspecified atom stereocenters. The van der Waals surface area contributed by atoms with E-state index in [2.05, 4.69) is 17.1 Å². The Morgan fingerprint density at radius 2 is 1.90 bits per heavy atom. The number of carbonyl (C=O) groups excluding carboxylic acids is 1. The smallest absolute Gasteiger partial charge is 0.223 e. The van der Waals surface area contributed by atoms with Gasteiger partial charge in [-0.05, 0) is 33.4 Å². The first kappa shape index (κ1) is 17.4. The Morgan fingerprint density at radius 1 is 1.30 bits per heavy atom. The van der Waals surface area contributed by atoms with Gasteiger partial charge >= 0.3 is 0 Å². The lowest BCUT2D eigenvalue weighted by Gasteiger charge is -2.30. The first-order chi connectivity index (χ1) is 9.40. The van der Waals surface area contributed by atoms with Crippen LogP contribution in [0.15, 0.2) is 0 Å². The quantitative estimate of drug-likeness (QED) is 0.725. The van der Waals surface area contributed by atoms with Crippen molar-refractivity contribution >= 4 is 15.9 Å². The average molecular weight is 305 g/mol. The van der Waals surface area contributed by atoms with Crippen molar-refractivity contribution in [3.63, 3.8) is 0 Å². The molecule has 1 saturated heterocycles. The molecule has 0 atom stereocenters. The van der Waals surface area contributed by atoms with Gasteiger partial charge in [0.25, 0.3) is 0 Å². The largest absolute Gasteiger partial charge is 0.355 e. The van der Waals surface area contributed by atoms with Crippen LogP contribution in [0.3, 0.4) is 0 Å². The summed E-state index contributed by atoms with van der Waals surface area (Å²) < 4.78 is 25.0. The van der Waals surface area contributed by atoms with Crippen LogP contribution in [0.5, 0.6) is 0 Å². The van der Waals surface area contributed by atoms with Gasteiger partial charge in [-0.2, -0.15) is 0 Å². The lowest BCUT2D eigenvalue weighted by atomic mass is 9.97. The van der Waals surface area contributed by atoms with E-state index in [1.54, 1.807) is 6.92 Å². The second kappa shape index (κ2) is 7.95. The standard InChI is InChI=1S/C13H27N3O3S/c1-4-15(3)11-8-14-13(17)12-6-9-16(10-7-12)20(18,19)5-2/h12H,4-11H2,1-3H3,(H,14,17). The molecule has 7 heteroatoms. The molecule has 6 nitrogen and oxygen atoms in total. The highest BCUT2D eigenvalue weighted by molar-refractivity contribution is 7.89. The molecule has 0 aromatic rings. The van der Waals surface area contributed by atoms with Crippen LogP contribution in [-0.4, -0.2) is 69.1 Å². The van der Waals surface area contributed by atoms with Gasteiger partial charge in [0.15, 0.2) is 0 Å². The number of amides is 1. The third-order valence-electron chi connectivity index (χ3n) is 3.92. The average Bonchev–Trinajstić information content (AvgIpc) is 2.47. The molecule has 1 rings (SSSR count). The predicted octanol–water partition coefficient (Wildman–Crippen LogP) is 0.116. The van der Waals surface area contributed by atoms with Gasteiger partial charge in [-0.25, -0.2) is 12.7 Å². The van der Waals surface area contributed by atoms with E-state index in [9.17, 15) is 13.2 Å². The highest BCUT2D eigenvalue weighted by atomic mass is 32.2. The van der Waals surface area contributed by atoms with Gasteiger partial charge in [-0.1, -0.05) is 6.92 Å². The molecule has 0 aromatic heterocycles. The highest BCUT2D eigenvalue weighted by Crippen LogP contribution is 2.19. The lowest BCUT2D eigenvalue weighted by Crippen LogP contribution is -2.44. The summed E-state index contributed by atoms with van der Waals surface area (Å²) in [4.78, 5) is 14.1. The van der Waals surface area contributed by atoms with E-state index in [4.69, 9.17) is 0 Å². The van der Waals surface area contributed by atoms with Crippen molar-refractivity contribution in [3.05, 3.63) is 0 Å². The van der Waals surface area contributed by atoms with Crippen LogP contribution < -0.4 is 5.32 Å².